The van der Waals surface area contributed by atoms with Crippen molar-refractivity contribution in [3.05, 3.63) is 0 Å². The molecule has 28 heavy (non-hydrogen) atoms. The molecule has 2 nitrogen and oxygen atoms in total. The normalized spacial score (nSPS) is 27.2. The third-order valence-electron chi connectivity index (χ3n) is 6.14. The highest BCUT2D eigenvalue weighted by atomic mass is 16.3. The lowest BCUT2D eigenvalue weighted by molar-refractivity contribution is 0.106. The van der Waals surface area contributed by atoms with E-state index in [1.54, 1.807) is 0 Å². The molecule has 0 saturated heterocycles. The average molecular weight is 403 g/mol. The van der Waals surface area contributed by atoms with Gasteiger partial charge in [-0.25, -0.2) is 0 Å². The van der Waals surface area contributed by atoms with E-state index in [-0.39, 0.29) is 12.2 Å². The van der Waals surface area contributed by atoms with Crippen LogP contribution < -0.4 is 0 Å². The maximum absolute atomic E-state index is 9.08. The summed E-state index contributed by atoms with van der Waals surface area (Å²) in [7, 11) is 0. The lowest BCUT2D eigenvalue weighted by Crippen LogP contribution is -2.25. The molecule has 0 aromatic carbocycles. The Bertz CT molecular complexity index is 273. The Balaban J connectivity index is -0.000000307. The molecule has 2 fully saturated rings. The van der Waals surface area contributed by atoms with Crippen LogP contribution in [0.25, 0.3) is 0 Å². The molecule has 2 atom stereocenters. The maximum Gasteiger partial charge on any atom is 0.0542 e. The molecule has 2 heteroatoms. The van der Waals surface area contributed by atoms with Crippen LogP contribution in [0.5, 0.6) is 0 Å². The fourth-order valence-corrected chi connectivity index (χ4v) is 2.64. The first-order chi connectivity index (χ1) is 12.8. The molecule has 0 heterocycles. The van der Waals surface area contributed by atoms with Gasteiger partial charge >= 0.3 is 0 Å². The second-order valence-corrected chi connectivity index (χ2v) is 10.3. The van der Waals surface area contributed by atoms with Gasteiger partial charge < -0.3 is 10.2 Å². The van der Waals surface area contributed by atoms with E-state index in [1.165, 1.54) is 25.7 Å². The maximum atomic E-state index is 9.08. The van der Waals surface area contributed by atoms with E-state index in [4.69, 9.17) is 10.2 Å². The lowest BCUT2D eigenvalue weighted by Gasteiger charge is -2.34. The quantitative estimate of drug-likeness (QED) is 0.428. The first kappa shape index (κ1) is 32.6. The minimum atomic E-state index is 0.0127. The summed E-state index contributed by atoms with van der Waals surface area (Å²) in [6.45, 7) is 26.1. The van der Waals surface area contributed by atoms with Crippen molar-refractivity contribution in [2.75, 3.05) is 0 Å². The van der Waals surface area contributed by atoms with Crippen LogP contribution in [0.15, 0.2) is 0 Å². The van der Waals surface area contributed by atoms with E-state index < -0.39 is 0 Å². The molecule has 2 aliphatic rings. The molecule has 2 aliphatic carbocycles. The summed E-state index contributed by atoms with van der Waals surface area (Å²) in [6.07, 6.45) is 9.14. The van der Waals surface area contributed by atoms with Gasteiger partial charge in [0.05, 0.1) is 12.2 Å². The van der Waals surface area contributed by atoms with Crippen molar-refractivity contribution < 1.29 is 10.2 Å². The molecule has 174 valence electrons. The zero-order valence-electron chi connectivity index (χ0n) is 21.9. The van der Waals surface area contributed by atoms with E-state index >= 15 is 0 Å². The van der Waals surface area contributed by atoms with Gasteiger partial charge in [0, 0.05) is 0 Å². The van der Waals surface area contributed by atoms with E-state index in [0.717, 1.165) is 37.5 Å². The third kappa shape index (κ3) is 19.2. The highest BCUT2D eigenvalue weighted by molar-refractivity contribution is 4.77. The summed E-state index contributed by atoms with van der Waals surface area (Å²) in [5.74, 6) is 1.62. The predicted molar refractivity (Wildman–Crippen MR) is 129 cm³/mol. The van der Waals surface area contributed by atoms with Crippen molar-refractivity contribution in [2.24, 2.45) is 22.7 Å². The molecule has 0 radical (unpaired) electrons. The summed E-state index contributed by atoms with van der Waals surface area (Å²) in [4.78, 5) is 0. The number of aliphatic hydroxyl groups is 2. The number of rotatable bonds is 0. The number of hydrogen-bond acceptors (Lipinski definition) is 2. The minimum Gasteiger partial charge on any atom is -0.393 e. The molecule has 0 aliphatic heterocycles. The highest BCUT2D eigenvalue weighted by Crippen LogP contribution is 2.36. The Morgan fingerprint density at radius 2 is 0.929 bits per heavy atom. The first-order valence-corrected chi connectivity index (χ1v) is 12.2. The molecule has 2 saturated carbocycles. The monoisotopic (exact) mass is 402 g/mol. The van der Waals surface area contributed by atoms with Crippen molar-refractivity contribution >= 4 is 0 Å². The van der Waals surface area contributed by atoms with Crippen molar-refractivity contribution in [1.82, 2.24) is 0 Å². The van der Waals surface area contributed by atoms with Crippen LogP contribution in [0.2, 0.25) is 0 Å². The second kappa shape index (κ2) is 17.8. The molecule has 0 amide bonds. The molecular formula is C26H58O2. The van der Waals surface area contributed by atoms with Crippen molar-refractivity contribution in [3.8, 4) is 0 Å². The van der Waals surface area contributed by atoms with Gasteiger partial charge in [-0.1, -0.05) is 95.9 Å². The molecule has 2 N–H and O–H groups in total. The molecule has 0 spiro atoms. The van der Waals surface area contributed by atoms with Gasteiger partial charge in [-0.3, -0.25) is 0 Å². The van der Waals surface area contributed by atoms with Gasteiger partial charge in [-0.15, -0.1) is 0 Å². The summed E-state index contributed by atoms with van der Waals surface area (Å²) < 4.78 is 0. The van der Waals surface area contributed by atoms with E-state index in [0.29, 0.717) is 10.8 Å². The topological polar surface area (TPSA) is 40.5 Å². The average Bonchev–Trinajstić information content (AvgIpc) is 2.60. The van der Waals surface area contributed by atoms with Crippen LogP contribution >= 0.6 is 0 Å². The number of hydrogen-bond donors (Lipinski definition) is 2. The Kier molecular flexibility index (Phi) is 20.7. The van der Waals surface area contributed by atoms with Crippen LogP contribution in [-0.4, -0.2) is 22.4 Å². The summed E-state index contributed by atoms with van der Waals surface area (Å²) in [5.41, 5.74) is 0.875. The smallest absolute Gasteiger partial charge is 0.0542 e. The van der Waals surface area contributed by atoms with E-state index in [2.05, 4.69) is 55.4 Å². The minimum absolute atomic E-state index is 0.0127. The van der Waals surface area contributed by atoms with Crippen LogP contribution in [0, 0.1) is 22.7 Å². The van der Waals surface area contributed by atoms with Crippen molar-refractivity contribution in [1.29, 1.82) is 0 Å². The second-order valence-electron chi connectivity index (χ2n) is 10.3. The number of aliphatic hydroxyl groups excluding tert-OH is 2. The Morgan fingerprint density at radius 3 is 1.14 bits per heavy atom. The molecular weight excluding hydrogens is 344 g/mol. The largest absolute Gasteiger partial charge is 0.393 e. The molecule has 0 bridgehead atoms. The zero-order chi connectivity index (χ0) is 23.0. The van der Waals surface area contributed by atoms with Gasteiger partial charge in [0.15, 0.2) is 0 Å². The van der Waals surface area contributed by atoms with E-state index in [1.807, 2.05) is 27.7 Å². The lowest BCUT2D eigenvalue weighted by atomic mass is 9.71. The van der Waals surface area contributed by atoms with Crippen LogP contribution in [0.1, 0.15) is 134 Å². The predicted octanol–water partition coefficient (Wildman–Crippen LogP) is 8.25. The summed E-state index contributed by atoms with van der Waals surface area (Å²) in [6, 6.07) is 0. The van der Waals surface area contributed by atoms with Gasteiger partial charge in [-0.2, -0.15) is 0 Å². The van der Waals surface area contributed by atoms with Gasteiger partial charge in [0.1, 0.15) is 0 Å². The molecule has 0 unspecified atom stereocenters. The van der Waals surface area contributed by atoms with Gasteiger partial charge in [-0.05, 0) is 61.2 Å². The molecule has 0 aromatic heterocycles. The van der Waals surface area contributed by atoms with Crippen molar-refractivity contribution in [3.63, 3.8) is 0 Å². The van der Waals surface area contributed by atoms with Gasteiger partial charge in [0.25, 0.3) is 0 Å². The Morgan fingerprint density at radius 1 is 0.536 bits per heavy atom. The fourth-order valence-electron chi connectivity index (χ4n) is 2.64. The van der Waals surface area contributed by atoms with Crippen LogP contribution in [0.3, 0.4) is 0 Å². The Labute approximate surface area is 179 Å². The highest BCUT2D eigenvalue weighted by Gasteiger charge is 2.26. The first-order valence-electron chi connectivity index (χ1n) is 12.2. The standard InChI is InChI=1S/C8H18.2C7H14O.2C2H6/c1-7(2,3)8(4,5)6;1-6-2-4-7(8)5-3-6;1-6-3-2-4-7(8)5-6;2*1-2/h1-6H3;2*6-8H,2-5H2,1H3;2*1-2H3/t;;6-,7+;;/m..1../s1. The molecule has 2 rings (SSSR count). The summed E-state index contributed by atoms with van der Waals surface area (Å²) in [5, 5.41) is 18.1. The third-order valence-corrected chi connectivity index (χ3v) is 6.14. The SMILES string of the molecule is CC.CC.CC(C)(C)C(C)(C)C.CC1CCC(O)CC1.C[C@@H]1CCC[C@H](O)C1. The molecule has 0 aromatic rings. The fraction of sp³-hybridized carbons (Fsp3) is 1.00. The van der Waals surface area contributed by atoms with Gasteiger partial charge in [0.2, 0.25) is 0 Å². The van der Waals surface area contributed by atoms with E-state index in [9.17, 15) is 0 Å². The van der Waals surface area contributed by atoms with Crippen LogP contribution in [-0.2, 0) is 0 Å². The Hall–Kier alpha value is -0.0800. The van der Waals surface area contributed by atoms with Crippen LogP contribution in [0.4, 0.5) is 0 Å². The zero-order valence-corrected chi connectivity index (χ0v) is 21.9. The summed E-state index contributed by atoms with van der Waals surface area (Å²) >= 11 is 0. The van der Waals surface area contributed by atoms with Crippen molar-refractivity contribution in [2.45, 2.75) is 147 Å².